The second kappa shape index (κ2) is 11.4. The van der Waals surface area contributed by atoms with E-state index in [4.69, 9.17) is 28.9 Å². The quantitative estimate of drug-likeness (QED) is 0.282. The number of halogens is 3. The Morgan fingerprint density at radius 3 is 2.67 bits per heavy atom. The summed E-state index contributed by atoms with van der Waals surface area (Å²) in [6.45, 7) is 4.10. The number of hydrogen-bond donors (Lipinski definition) is 1. The molecule has 2 aliphatic rings. The zero-order valence-electron chi connectivity index (χ0n) is 21.5. The summed E-state index contributed by atoms with van der Waals surface area (Å²) in [5.41, 5.74) is 13.7. The Morgan fingerprint density at radius 1 is 1.13 bits per heavy atom. The molecule has 0 saturated carbocycles. The number of Topliss-reactive ketones (excluding diaryl/α,β-unsaturated/α-hetero) is 1. The molecule has 1 atom stereocenters. The number of benzene rings is 3. The smallest absolute Gasteiger partial charge is 0.161 e. The van der Waals surface area contributed by atoms with Gasteiger partial charge >= 0.3 is 0 Å². The van der Waals surface area contributed by atoms with Gasteiger partial charge in [-0.25, -0.2) is 0 Å². The van der Waals surface area contributed by atoms with Crippen LogP contribution in [0.1, 0.15) is 47.4 Å². The summed E-state index contributed by atoms with van der Waals surface area (Å²) >= 11 is 17.8. The van der Waals surface area contributed by atoms with Gasteiger partial charge in [0.25, 0.3) is 0 Å². The zero-order valence-corrected chi connectivity index (χ0v) is 25.4. The average molecular weight is 639 g/mol. The number of allylic oxidation sites excluding steroid dienone is 3. The minimum atomic E-state index is -0.514. The molecule has 198 valence electrons. The molecule has 4 nitrogen and oxygen atoms in total. The highest BCUT2D eigenvalue weighted by molar-refractivity contribution is 9.10. The predicted octanol–water partition coefficient (Wildman–Crippen LogP) is 8.97. The Kier molecular flexibility index (Phi) is 8.16. The van der Waals surface area contributed by atoms with Crippen LogP contribution in [-0.4, -0.2) is 5.78 Å². The van der Waals surface area contributed by atoms with Crippen molar-refractivity contribution in [1.29, 1.82) is 5.26 Å². The highest BCUT2D eigenvalue weighted by Crippen LogP contribution is 2.48. The molecule has 0 bridgehead atoms. The maximum atomic E-state index is 13.6. The summed E-state index contributed by atoms with van der Waals surface area (Å²) < 4.78 is 0.897. The average Bonchev–Trinajstić information content (AvgIpc) is 2.90. The van der Waals surface area contributed by atoms with E-state index in [1.54, 1.807) is 23.9 Å². The summed E-state index contributed by atoms with van der Waals surface area (Å²) in [6.07, 6.45) is 1.92. The predicted molar refractivity (Wildman–Crippen MR) is 164 cm³/mol. The number of aryl methyl sites for hydroxylation is 1. The first-order valence-electron chi connectivity index (χ1n) is 12.6. The third kappa shape index (κ3) is 5.38. The lowest BCUT2D eigenvalue weighted by molar-refractivity contribution is -0.116. The van der Waals surface area contributed by atoms with Crippen molar-refractivity contribution < 1.29 is 4.79 Å². The summed E-state index contributed by atoms with van der Waals surface area (Å²) in [5, 5.41) is 11.7. The van der Waals surface area contributed by atoms with Gasteiger partial charge in [-0.3, -0.25) is 9.69 Å². The van der Waals surface area contributed by atoms with Gasteiger partial charge in [-0.2, -0.15) is 5.26 Å². The van der Waals surface area contributed by atoms with E-state index < -0.39 is 5.92 Å². The molecule has 0 fully saturated rings. The van der Waals surface area contributed by atoms with Crippen LogP contribution in [0.3, 0.4) is 0 Å². The molecular formula is C31H26BrCl2N3OS. The Morgan fingerprint density at radius 2 is 1.92 bits per heavy atom. The van der Waals surface area contributed by atoms with E-state index in [0.29, 0.717) is 45.6 Å². The fraction of sp³-hybridized carbons (Fsp3) is 0.226. The zero-order chi connectivity index (χ0) is 27.8. The van der Waals surface area contributed by atoms with Gasteiger partial charge in [-0.15, -0.1) is 11.8 Å². The maximum absolute atomic E-state index is 13.6. The van der Waals surface area contributed by atoms with Gasteiger partial charge < -0.3 is 5.73 Å². The van der Waals surface area contributed by atoms with Crippen molar-refractivity contribution in [2.24, 2.45) is 5.73 Å². The molecule has 1 aliphatic heterocycles. The molecule has 1 unspecified atom stereocenters. The van der Waals surface area contributed by atoms with Crippen molar-refractivity contribution in [3.8, 4) is 6.07 Å². The summed E-state index contributed by atoms with van der Waals surface area (Å²) in [6, 6.07) is 19.8. The summed E-state index contributed by atoms with van der Waals surface area (Å²) in [7, 11) is 0. The topological polar surface area (TPSA) is 70.1 Å². The molecule has 5 rings (SSSR count). The SMILES string of the molecule is Cc1cc(CSc2cc(Cl)ccc2Cl)c(C)c(C2C(C#N)=C(N)N(c3cccc(Br)c3)C3=C2C(=O)CCC3)c1. The normalized spacial score (nSPS) is 17.4. The van der Waals surface area contributed by atoms with Crippen molar-refractivity contribution in [1.82, 2.24) is 0 Å². The Labute approximate surface area is 251 Å². The van der Waals surface area contributed by atoms with Gasteiger partial charge in [0.2, 0.25) is 0 Å². The number of nitrogens with two attached hydrogens (primary N) is 1. The monoisotopic (exact) mass is 637 g/mol. The van der Waals surface area contributed by atoms with Crippen LogP contribution in [-0.2, 0) is 10.5 Å². The Bertz CT molecular complexity index is 1610. The van der Waals surface area contributed by atoms with Crippen molar-refractivity contribution >= 4 is 62.4 Å². The van der Waals surface area contributed by atoms with E-state index in [1.807, 2.05) is 42.2 Å². The lowest BCUT2D eigenvalue weighted by Crippen LogP contribution is -2.39. The molecule has 0 aromatic heterocycles. The van der Waals surface area contributed by atoms with Crippen LogP contribution < -0.4 is 10.6 Å². The highest BCUT2D eigenvalue weighted by Gasteiger charge is 2.41. The number of hydrogen-bond acceptors (Lipinski definition) is 5. The van der Waals surface area contributed by atoms with E-state index in [9.17, 15) is 10.1 Å². The first kappa shape index (κ1) is 27.9. The van der Waals surface area contributed by atoms with Crippen LogP contribution in [0.15, 0.2) is 86.6 Å². The lowest BCUT2D eigenvalue weighted by atomic mass is 9.73. The van der Waals surface area contributed by atoms with Gasteiger partial charge in [-0.1, -0.05) is 62.9 Å². The van der Waals surface area contributed by atoms with E-state index in [2.05, 4.69) is 41.1 Å². The summed E-state index contributed by atoms with van der Waals surface area (Å²) in [5.74, 6) is 0.596. The van der Waals surface area contributed by atoms with Crippen LogP contribution >= 0.6 is 50.9 Å². The minimum absolute atomic E-state index is 0.0732. The summed E-state index contributed by atoms with van der Waals surface area (Å²) in [4.78, 5) is 16.4. The lowest BCUT2D eigenvalue weighted by Gasteiger charge is -2.40. The standard InChI is InChI=1S/C31H26BrCl2N3OS/c1-17-11-19(16-39-28-14-21(33)9-10-25(28)34)18(2)23(12-17)29-24(15-35)31(36)37(22-6-3-5-20(32)13-22)26-7-4-8-27(38)30(26)29/h3,5-6,9-14,29H,4,7-8,16,36H2,1-2H3. The van der Waals surface area contributed by atoms with Crippen LogP contribution in [0.2, 0.25) is 10.0 Å². The molecule has 3 aromatic carbocycles. The number of nitriles is 1. The van der Waals surface area contributed by atoms with Crippen LogP contribution in [0.25, 0.3) is 0 Å². The van der Waals surface area contributed by atoms with E-state index in [1.165, 1.54) is 0 Å². The van der Waals surface area contributed by atoms with Gasteiger partial charge in [0.1, 0.15) is 5.82 Å². The van der Waals surface area contributed by atoms with E-state index in [0.717, 1.165) is 49.4 Å². The Hall–Kier alpha value is -2.69. The number of carbonyl (C=O) groups excluding carboxylic acids is 1. The maximum Gasteiger partial charge on any atom is 0.161 e. The van der Waals surface area contributed by atoms with Crippen LogP contribution in [0.5, 0.6) is 0 Å². The second-order valence-corrected chi connectivity index (χ2v) is 12.6. The van der Waals surface area contributed by atoms with Crippen molar-refractivity contribution in [2.75, 3.05) is 4.90 Å². The molecule has 1 aliphatic carbocycles. The first-order chi connectivity index (χ1) is 18.7. The number of anilines is 1. The van der Waals surface area contributed by atoms with Crippen molar-refractivity contribution in [3.05, 3.63) is 114 Å². The van der Waals surface area contributed by atoms with Gasteiger partial charge in [0, 0.05) is 43.5 Å². The third-order valence-electron chi connectivity index (χ3n) is 7.27. The molecular weight excluding hydrogens is 613 g/mol. The second-order valence-electron chi connectivity index (χ2n) is 9.80. The number of ketones is 1. The molecule has 0 radical (unpaired) electrons. The van der Waals surface area contributed by atoms with E-state index in [-0.39, 0.29) is 5.78 Å². The highest BCUT2D eigenvalue weighted by atomic mass is 79.9. The number of thioether (sulfide) groups is 1. The molecule has 0 saturated heterocycles. The van der Waals surface area contributed by atoms with Gasteiger partial charge in [-0.05, 0) is 79.8 Å². The minimum Gasteiger partial charge on any atom is -0.384 e. The number of nitrogens with zero attached hydrogens (tertiary/aromatic N) is 2. The van der Waals surface area contributed by atoms with Crippen molar-refractivity contribution in [3.63, 3.8) is 0 Å². The Balaban J connectivity index is 1.64. The molecule has 8 heteroatoms. The molecule has 3 aromatic rings. The first-order valence-corrected chi connectivity index (χ1v) is 15.1. The number of carbonyl (C=O) groups is 1. The number of rotatable bonds is 5. The molecule has 0 amide bonds. The third-order valence-corrected chi connectivity index (χ3v) is 9.54. The molecule has 1 heterocycles. The fourth-order valence-corrected chi connectivity index (χ4v) is 7.40. The van der Waals surface area contributed by atoms with Gasteiger partial charge in [0.15, 0.2) is 5.78 Å². The molecule has 0 spiro atoms. The van der Waals surface area contributed by atoms with Crippen LogP contribution in [0.4, 0.5) is 5.69 Å². The van der Waals surface area contributed by atoms with E-state index >= 15 is 0 Å². The van der Waals surface area contributed by atoms with Crippen molar-refractivity contribution in [2.45, 2.75) is 49.7 Å². The van der Waals surface area contributed by atoms with Crippen LogP contribution in [0, 0.1) is 25.2 Å². The molecule has 39 heavy (non-hydrogen) atoms. The fourth-order valence-electron chi connectivity index (χ4n) is 5.46. The van der Waals surface area contributed by atoms with Gasteiger partial charge in [0.05, 0.1) is 22.6 Å². The molecule has 2 N–H and O–H groups in total. The largest absolute Gasteiger partial charge is 0.384 e.